The van der Waals surface area contributed by atoms with Crippen molar-refractivity contribution in [2.24, 2.45) is 5.16 Å². The van der Waals surface area contributed by atoms with Gasteiger partial charge in [-0.05, 0) is 45.3 Å². The molecule has 1 saturated heterocycles. The Morgan fingerprint density at radius 3 is 1.95 bits per heavy atom. The fourth-order valence-electron chi connectivity index (χ4n) is 1.90. The van der Waals surface area contributed by atoms with Crippen LogP contribution in [0.15, 0.2) is 17.3 Å². The van der Waals surface area contributed by atoms with Crippen molar-refractivity contribution < 1.29 is 23.3 Å². The number of rotatable bonds is 2. The summed E-state index contributed by atoms with van der Waals surface area (Å²) in [5.41, 5.74) is -1.34. The van der Waals surface area contributed by atoms with E-state index in [-0.39, 0.29) is 5.46 Å². The summed E-state index contributed by atoms with van der Waals surface area (Å²) in [4.78, 5) is 0. The standard InChI is InChI=1S/C13H16BF2NO3/c1-12(2)13(3,4)20-14(19-12)8-5-10(15)9(7-17-18)11(16)6-8/h5-7,18H,1-4H3/b17-7+. The predicted octanol–water partition coefficient (Wildman–Crippen LogP) is 2.07. The van der Waals surface area contributed by atoms with E-state index in [1.54, 1.807) is 0 Å². The van der Waals surface area contributed by atoms with Gasteiger partial charge in [0.1, 0.15) is 11.6 Å². The second-order valence-electron chi connectivity index (χ2n) is 5.73. The van der Waals surface area contributed by atoms with Crippen LogP contribution in [0.2, 0.25) is 0 Å². The fraction of sp³-hybridized carbons (Fsp3) is 0.462. The van der Waals surface area contributed by atoms with Gasteiger partial charge in [-0.1, -0.05) is 5.16 Å². The molecule has 7 heteroatoms. The minimum Gasteiger partial charge on any atom is -0.411 e. The van der Waals surface area contributed by atoms with Gasteiger partial charge in [0, 0.05) is 0 Å². The lowest BCUT2D eigenvalue weighted by Crippen LogP contribution is -2.41. The summed E-state index contributed by atoms with van der Waals surface area (Å²) in [5, 5.41) is 11.0. The first-order valence-corrected chi connectivity index (χ1v) is 6.20. The van der Waals surface area contributed by atoms with Crippen molar-refractivity contribution in [3.63, 3.8) is 0 Å². The number of hydrogen-bond acceptors (Lipinski definition) is 4. The third-order valence-electron chi connectivity index (χ3n) is 3.81. The van der Waals surface area contributed by atoms with Crippen LogP contribution in [0.5, 0.6) is 0 Å². The zero-order valence-electron chi connectivity index (χ0n) is 11.8. The van der Waals surface area contributed by atoms with Gasteiger partial charge in [-0.25, -0.2) is 8.78 Å². The first kappa shape index (κ1) is 14.9. The third-order valence-corrected chi connectivity index (χ3v) is 3.81. The Hall–Kier alpha value is -1.47. The van der Waals surface area contributed by atoms with Crippen molar-refractivity contribution in [2.75, 3.05) is 0 Å². The second kappa shape index (κ2) is 4.82. The molecule has 1 aliphatic heterocycles. The summed E-state index contributed by atoms with van der Waals surface area (Å²) in [6, 6.07) is 2.23. The highest BCUT2D eigenvalue weighted by Crippen LogP contribution is 2.36. The normalized spacial score (nSPS) is 20.8. The van der Waals surface area contributed by atoms with Gasteiger partial charge >= 0.3 is 7.12 Å². The van der Waals surface area contributed by atoms with E-state index in [4.69, 9.17) is 14.5 Å². The Labute approximate surface area is 116 Å². The molecule has 0 amide bonds. The Balaban J connectivity index is 2.37. The minimum absolute atomic E-state index is 0.244. The molecule has 0 saturated carbocycles. The second-order valence-corrected chi connectivity index (χ2v) is 5.73. The van der Waals surface area contributed by atoms with Crippen LogP contribution in [0, 0.1) is 11.6 Å². The molecule has 0 aliphatic carbocycles. The lowest BCUT2D eigenvalue weighted by atomic mass is 9.78. The van der Waals surface area contributed by atoms with Gasteiger partial charge in [0.2, 0.25) is 0 Å². The maximum atomic E-state index is 13.8. The Bertz CT molecular complexity index is 522. The van der Waals surface area contributed by atoms with Crippen LogP contribution in [0.4, 0.5) is 8.78 Å². The molecule has 1 fully saturated rings. The van der Waals surface area contributed by atoms with E-state index < -0.39 is 35.5 Å². The highest BCUT2D eigenvalue weighted by atomic mass is 19.1. The van der Waals surface area contributed by atoms with Crippen LogP contribution < -0.4 is 5.46 Å². The van der Waals surface area contributed by atoms with Gasteiger partial charge < -0.3 is 14.5 Å². The lowest BCUT2D eigenvalue weighted by molar-refractivity contribution is 0.00578. The molecule has 20 heavy (non-hydrogen) atoms. The van der Waals surface area contributed by atoms with Gasteiger partial charge in [-0.2, -0.15) is 0 Å². The van der Waals surface area contributed by atoms with Crippen molar-refractivity contribution in [3.05, 3.63) is 29.3 Å². The SMILES string of the molecule is CC1(C)OB(c2cc(F)c(/C=N/O)c(F)c2)OC1(C)C. The van der Waals surface area contributed by atoms with Crippen LogP contribution in [0.1, 0.15) is 33.3 Å². The Morgan fingerprint density at radius 1 is 1.10 bits per heavy atom. The van der Waals surface area contributed by atoms with Gasteiger partial charge in [0.05, 0.1) is 23.0 Å². The molecule has 1 heterocycles. The van der Waals surface area contributed by atoms with E-state index in [2.05, 4.69) is 5.16 Å². The molecule has 2 rings (SSSR count). The summed E-state index contributed by atoms with van der Waals surface area (Å²) >= 11 is 0. The predicted molar refractivity (Wildman–Crippen MR) is 71.5 cm³/mol. The van der Waals surface area contributed by atoms with E-state index in [9.17, 15) is 8.78 Å². The van der Waals surface area contributed by atoms with Crippen LogP contribution in [0.25, 0.3) is 0 Å². The molecule has 0 unspecified atom stereocenters. The fourth-order valence-corrected chi connectivity index (χ4v) is 1.90. The monoisotopic (exact) mass is 283 g/mol. The van der Waals surface area contributed by atoms with Crippen LogP contribution in [-0.2, 0) is 9.31 Å². The van der Waals surface area contributed by atoms with Crippen LogP contribution >= 0.6 is 0 Å². The summed E-state index contributed by atoms with van der Waals surface area (Å²) < 4.78 is 39.0. The molecule has 0 atom stereocenters. The number of hydrogen-bond donors (Lipinski definition) is 1. The molecule has 0 spiro atoms. The van der Waals surface area contributed by atoms with Crippen molar-refractivity contribution in [1.82, 2.24) is 0 Å². The molecular weight excluding hydrogens is 267 g/mol. The zero-order valence-corrected chi connectivity index (χ0v) is 11.8. The molecule has 1 N–H and O–H groups in total. The molecule has 1 aromatic rings. The van der Waals surface area contributed by atoms with Crippen LogP contribution in [0.3, 0.4) is 0 Å². The summed E-state index contributed by atoms with van der Waals surface area (Å²) in [7, 11) is -0.843. The number of oxime groups is 1. The maximum absolute atomic E-state index is 13.8. The van der Waals surface area contributed by atoms with Gasteiger partial charge in [-0.15, -0.1) is 0 Å². The Morgan fingerprint density at radius 2 is 1.55 bits per heavy atom. The maximum Gasteiger partial charge on any atom is 0.495 e. The molecule has 108 valence electrons. The topological polar surface area (TPSA) is 51.0 Å². The molecule has 1 aliphatic rings. The van der Waals surface area contributed by atoms with E-state index in [1.807, 2.05) is 27.7 Å². The smallest absolute Gasteiger partial charge is 0.411 e. The van der Waals surface area contributed by atoms with E-state index in [1.165, 1.54) is 0 Å². The first-order valence-electron chi connectivity index (χ1n) is 6.20. The number of nitrogens with zero attached hydrogens (tertiary/aromatic N) is 1. The lowest BCUT2D eigenvalue weighted by Gasteiger charge is -2.32. The van der Waals surface area contributed by atoms with Crippen molar-refractivity contribution in [3.8, 4) is 0 Å². The molecule has 0 radical (unpaired) electrons. The quantitative estimate of drug-likeness (QED) is 0.391. The van der Waals surface area contributed by atoms with Gasteiger partial charge in [0.25, 0.3) is 0 Å². The highest BCUT2D eigenvalue weighted by molar-refractivity contribution is 6.62. The van der Waals surface area contributed by atoms with E-state index in [0.29, 0.717) is 6.21 Å². The van der Waals surface area contributed by atoms with E-state index in [0.717, 1.165) is 12.1 Å². The molecule has 1 aromatic carbocycles. The average Bonchev–Trinajstić information content (AvgIpc) is 2.53. The highest BCUT2D eigenvalue weighted by Gasteiger charge is 2.51. The third kappa shape index (κ3) is 2.43. The number of halogens is 2. The van der Waals surface area contributed by atoms with Gasteiger partial charge in [-0.3, -0.25) is 0 Å². The summed E-state index contributed by atoms with van der Waals surface area (Å²) in [6.07, 6.45) is 0.707. The largest absolute Gasteiger partial charge is 0.495 e. The average molecular weight is 283 g/mol. The zero-order chi connectivity index (χ0) is 15.1. The molecule has 0 aromatic heterocycles. The molecule has 4 nitrogen and oxygen atoms in total. The minimum atomic E-state index is -0.843. The van der Waals surface area contributed by atoms with Crippen molar-refractivity contribution in [1.29, 1.82) is 0 Å². The first-order chi connectivity index (χ1) is 9.18. The van der Waals surface area contributed by atoms with Crippen LogP contribution in [-0.4, -0.2) is 29.7 Å². The molecular formula is C13H16BF2NO3. The number of benzene rings is 1. The van der Waals surface area contributed by atoms with E-state index >= 15 is 0 Å². The van der Waals surface area contributed by atoms with Gasteiger partial charge in [0.15, 0.2) is 0 Å². The molecule has 0 bridgehead atoms. The summed E-state index contributed by atoms with van der Waals surface area (Å²) in [6.45, 7) is 7.41. The summed E-state index contributed by atoms with van der Waals surface area (Å²) in [5.74, 6) is -1.68. The van der Waals surface area contributed by atoms with Crippen molar-refractivity contribution >= 4 is 18.8 Å². The van der Waals surface area contributed by atoms with Crippen molar-refractivity contribution in [2.45, 2.75) is 38.9 Å². The Kier molecular flexibility index (Phi) is 3.60.